The predicted molar refractivity (Wildman–Crippen MR) is 155 cm³/mol. The number of carbonyl (C=O) groups is 1. The van der Waals surface area contributed by atoms with Crippen LogP contribution in [-0.2, 0) is 7.05 Å². The Kier molecular flexibility index (Phi) is 8.30. The van der Waals surface area contributed by atoms with Gasteiger partial charge in [0.05, 0.1) is 18.1 Å². The molecule has 0 saturated carbocycles. The van der Waals surface area contributed by atoms with Gasteiger partial charge < -0.3 is 30.0 Å². The highest BCUT2D eigenvalue weighted by molar-refractivity contribution is 9.10. The molecule has 3 heterocycles. The molecule has 0 bridgehead atoms. The third-order valence-corrected chi connectivity index (χ3v) is 7.59. The van der Waals surface area contributed by atoms with E-state index < -0.39 is 0 Å². The van der Waals surface area contributed by atoms with Crippen LogP contribution in [0.5, 0.6) is 17.2 Å². The van der Waals surface area contributed by atoms with Gasteiger partial charge in [0.1, 0.15) is 11.4 Å². The Bertz CT molecular complexity index is 1480. The van der Waals surface area contributed by atoms with Crippen molar-refractivity contribution in [2.45, 2.75) is 6.92 Å². The van der Waals surface area contributed by atoms with Crippen molar-refractivity contribution < 1.29 is 14.3 Å². The lowest BCUT2D eigenvalue weighted by atomic mass is 10.2. The number of benzene rings is 2. The summed E-state index contributed by atoms with van der Waals surface area (Å²) in [5, 5.41) is 9.67. The van der Waals surface area contributed by atoms with Crippen LogP contribution in [0.1, 0.15) is 16.1 Å². The van der Waals surface area contributed by atoms with Gasteiger partial charge in [-0.15, -0.1) is 0 Å². The molecule has 2 aromatic heterocycles. The number of carbonyl (C=O) groups excluding carboxylic acids is 1. The fraction of sp³-hybridized carbons (Fsp3) is 0.321. The molecule has 0 radical (unpaired) electrons. The van der Waals surface area contributed by atoms with Gasteiger partial charge in [0.2, 0.25) is 5.95 Å². The molecule has 39 heavy (non-hydrogen) atoms. The smallest absolute Gasteiger partial charge is 0.270 e. The van der Waals surface area contributed by atoms with Crippen LogP contribution in [0.25, 0.3) is 11.0 Å². The van der Waals surface area contributed by atoms with Gasteiger partial charge in [-0.25, -0.2) is 4.98 Å². The van der Waals surface area contributed by atoms with Gasteiger partial charge in [-0.3, -0.25) is 14.7 Å². The molecule has 2 aromatic carbocycles. The second-order valence-electron chi connectivity index (χ2n) is 9.40. The van der Waals surface area contributed by atoms with Gasteiger partial charge in [-0.2, -0.15) is 0 Å². The van der Waals surface area contributed by atoms with E-state index >= 15 is 0 Å². The number of nitrogens with one attached hydrogen (secondary N) is 3. The van der Waals surface area contributed by atoms with Gasteiger partial charge in [0.25, 0.3) is 5.91 Å². The van der Waals surface area contributed by atoms with Gasteiger partial charge >= 0.3 is 0 Å². The Morgan fingerprint density at radius 2 is 1.95 bits per heavy atom. The van der Waals surface area contributed by atoms with Crippen molar-refractivity contribution in [1.29, 1.82) is 0 Å². The number of imidazole rings is 1. The first-order valence-electron chi connectivity index (χ1n) is 12.8. The first-order valence-corrected chi connectivity index (χ1v) is 13.6. The van der Waals surface area contributed by atoms with Crippen molar-refractivity contribution in [3.05, 3.63) is 64.4 Å². The minimum absolute atomic E-state index is 0.235. The second kappa shape index (κ2) is 12.0. The molecule has 4 aromatic rings. The number of fused-ring (bicyclic) bond motifs is 1. The molecular formula is C28H32BrN7O3. The molecule has 204 valence electrons. The zero-order valence-electron chi connectivity index (χ0n) is 22.3. The highest BCUT2D eigenvalue weighted by Crippen LogP contribution is 2.36. The maximum atomic E-state index is 12.7. The number of rotatable bonds is 9. The van der Waals surface area contributed by atoms with Crippen LogP contribution < -0.4 is 25.4 Å². The molecule has 1 aliphatic heterocycles. The minimum Gasteiger partial charge on any atom is -0.493 e. The van der Waals surface area contributed by atoms with E-state index in [1.807, 2.05) is 42.8 Å². The first-order chi connectivity index (χ1) is 18.9. The van der Waals surface area contributed by atoms with Crippen molar-refractivity contribution >= 4 is 44.5 Å². The van der Waals surface area contributed by atoms with Crippen LogP contribution in [0.3, 0.4) is 0 Å². The summed E-state index contributed by atoms with van der Waals surface area (Å²) in [6, 6.07) is 13.1. The van der Waals surface area contributed by atoms with Crippen LogP contribution in [0, 0.1) is 6.92 Å². The number of hydrogen-bond acceptors (Lipinski definition) is 8. The quantitative estimate of drug-likeness (QED) is 0.265. The summed E-state index contributed by atoms with van der Waals surface area (Å²) in [5.41, 5.74) is 3.98. The summed E-state index contributed by atoms with van der Waals surface area (Å²) in [6.07, 6.45) is 1.56. The standard InChI is InChI=1S/C28H32BrN7O3/c1-18-14-19(4-5-21(18)29)33-28-34-22-16-26(25(38-3)17-24(22)35(28)2)39-20-6-7-31-23(15-20)27(37)32-10-13-36-11-8-30-9-12-36/h4-7,14-17,30H,8-13H2,1-3H3,(H,32,37)(H,33,34). The summed E-state index contributed by atoms with van der Waals surface area (Å²) in [6.45, 7) is 7.34. The maximum absolute atomic E-state index is 12.7. The highest BCUT2D eigenvalue weighted by atomic mass is 79.9. The fourth-order valence-corrected chi connectivity index (χ4v) is 4.73. The van der Waals surface area contributed by atoms with Crippen LogP contribution >= 0.6 is 15.9 Å². The number of nitrogens with zero attached hydrogens (tertiary/aromatic N) is 4. The lowest BCUT2D eigenvalue weighted by Gasteiger charge is -2.27. The zero-order chi connectivity index (χ0) is 27.4. The molecule has 5 rings (SSSR count). The summed E-state index contributed by atoms with van der Waals surface area (Å²) in [5.74, 6) is 1.98. The number of ether oxygens (including phenoxy) is 2. The molecule has 0 aliphatic carbocycles. The van der Waals surface area contributed by atoms with E-state index in [0.717, 1.165) is 59.5 Å². The Morgan fingerprint density at radius 3 is 2.72 bits per heavy atom. The van der Waals surface area contributed by atoms with Crippen LogP contribution in [0.15, 0.2) is 53.1 Å². The molecule has 0 unspecified atom stereocenters. The Morgan fingerprint density at radius 1 is 1.13 bits per heavy atom. The average molecular weight is 595 g/mol. The third kappa shape index (κ3) is 6.32. The average Bonchev–Trinajstić information content (AvgIpc) is 3.24. The monoisotopic (exact) mass is 593 g/mol. The molecule has 1 aliphatic rings. The fourth-order valence-electron chi connectivity index (χ4n) is 4.48. The number of piperazine rings is 1. The first kappa shape index (κ1) is 26.9. The van der Waals surface area contributed by atoms with E-state index in [1.165, 1.54) is 0 Å². The SMILES string of the molecule is COc1cc2c(cc1Oc1ccnc(C(=O)NCCN3CCNCC3)c1)nc(Nc1ccc(Br)c(C)c1)n2C. The largest absolute Gasteiger partial charge is 0.493 e. The molecule has 0 atom stereocenters. The zero-order valence-corrected chi connectivity index (χ0v) is 23.8. The van der Waals surface area contributed by atoms with E-state index in [-0.39, 0.29) is 5.91 Å². The van der Waals surface area contributed by atoms with Crippen molar-refractivity contribution in [2.75, 3.05) is 51.7 Å². The highest BCUT2D eigenvalue weighted by Gasteiger charge is 2.16. The van der Waals surface area contributed by atoms with Crippen molar-refractivity contribution in [3.8, 4) is 17.2 Å². The summed E-state index contributed by atoms with van der Waals surface area (Å²) in [4.78, 5) is 24.0. The van der Waals surface area contributed by atoms with Crippen LogP contribution in [0.4, 0.5) is 11.6 Å². The number of halogens is 1. The van der Waals surface area contributed by atoms with Gasteiger partial charge in [-0.05, 0) is 36.8 Å². The van der Waals surface area contributed by atoms with E-state index in [4.69, 9.17) is 14.5 Å². The van der Waals surface area contributed by atoms with Gasteiger partial charge in [0, 0.05) is 80.9 Å². The number of aryl methyl sites for hydroxylation is 2. The number of anilines is 2. The third-order valence-electron chi connectivity index (χ3n) is 6.70. The molecule has 10 nitrogen and oxygen atoms in total. The van der Waals surface area contributed by atoms with Crippen molar-refractivity contribution in [3.63, 3.8) is 0 Å². The van der Waals surface area contributed by atoms with E-state index in [2.05, 4.69) is 47.8 Å². The minimum atomic E-state index is -0.235. The molecule has 1 fully saturated rings. The van der Waals surface area contributed by atoms with E-state index in [9.17, 15) is 4.79 Å². The number of aromatic nitrogens is 3. The topological polar surface area (TPSA) is 106 Å². The molecule has 3 N–H and O–H groups in total. The van der Waals surface area contributed by atoms with Crippen molar-refractivity contribution in [1.82, 2.24) is 30.1 Å². The number of methoxy groups -OCH3 is 1. The number of amides is 1. The van der Waals surface area contributed by atoms with Crippen LogP contribution in [-0.4, -0.2) is 71.7 Å². The predicted octanol–water partition coefficient (Wildman–Crippen LogP) is 4.22. The Hall–Kier alpha value is -3.67. The second-order valence-corrected chi connectivity index (χ2v) is 10.3. The Labute approximate surface area is 235 Å². The molecule has 11 heteroatoms. The van der Waals surface area contributed by atoms with Crippen LogP contribution in [0.2, 0.25) is 0 Å². The maximum Gasteiger partial charge on any atom is 0.270 e. The van der Waals surface area contributed by atoms with Crippen molar-refractivity contribution in [2.24, 2.45) is 7.05 Å². The van der Waals surface area contributed by atoms with E-state index in [1.54, 1.807) is 25.4 Å². The molecular weight excluding hydrogens is 562 g/mol. The lowest BCUT2D eigenvalue weighted by molar-refractivity contribution is 0.0942. The lowest BCUT2D eigenvalue weighted by Crippen LogP contribution is -2.46. The number of pyridine rings is 1. The van der Waals surface area contributed by atoms with E-state index in [0.29, 0.717) is 35.4 Å². The summed E-state index contributed by atoms with van der Waals surface area (Å²) < 4.78 is 14.8. The summed E-state index contributed by atoms with van der Waals surface area (Å²) >= 11 is 3.54. The molecule has 1 amide bonds. The Balaban J connectivity index is 1.31. The summed E-state index contributed by atoms with van der Waals surface area (Å²) in [7, 11) is 3.54. The molecule has 0 spiro atoms. The number of hydrogen-bond donors (Lipinski definition) is 3. The van der Waals surface area contributed by atoms with Gasteiger partial charge in [0.15, 0.2) is 11.5 Å². The van der Waals surface area contributed by atoms with Gasteiger partial charge in [-0.1, -0.05) is 15.9 Å². The molecule has 1 saturated heterocycles. The normalized spacial score (nSPS) is 13.8.